The van der Waals surface area contributed by atoms with Crippen LogP contribution in [0.5, 0.6) is 0 Å². The van der Waals surface area contributed by atoms with Gasteiger partial charge in [0.1, 0.15) is 0 Å². The fraction of sp³-hybridized carbons (Fsp3) is 0.611. The Labute approximate surface area is 152 Å². The van der Waals surface area contributed by atoms with E-state index in [1.165, 1.54) is 0 Å². The third-order valence-electron chi connectivity index (χ3n) is 4.96. The monoisotopic (exact) mass is 359 g/mol. The summed E-state index contributed by atoms with van der Waals surface area (Å²) < 4.78 is 12.9. The lowest BCUT2D eigenvalue weighted by Crippen LogP contribution is -2.46. The van der Waals surface area contributed by atoms with E-state index in [2.05, 4.69) is 15.0 Å². The molecule has 2 aromatic rings. The van der Waals surface area contributed by atoms with Gasteiger partial charge in [0.25, 0.3) is 0 Å². The molecule has 140 valence electrons. The Morgan fingerprint density at radius 1 is 1.15 bits per heavy atom. The molecule has 0 N–H and O–H groups in total. The maximum absolute atomic E-state index is 12.7. The number of carbonyl (C=O) groups excluding carboxylic acids is 1. The molecular weight excluding hydrogens is 334 g/mol. The van der Waals surface area contributed by atoms with Gasteiger partial charge in [0, 0.05) is 44.5 Å². The van der Waals surface area contributed by atoms with Crippen LogP contribution in [-0.2, 0) is 20.7 Å². The molecule has 8 heteroatoms. The Hall–Kier alpha value is -2.03. The average Bonchev–Trinajstić information content (AvgIpc) is 3.00. The molecule has 0 spiro atoms. The quantitative estimate of drug-likeness (QED) is 0.770. The average molecular weight is 359 g/mol. The molecular formula is C18H25N5O3. The number of hydrogen-bond acceptors (Lipinski definition) is 6. The van der Waals surface area contributed by atoms with Crippen LogP contribution in [0.2, 0.25) is 0 Å². The zero-order valence-corrected chi connectivity index (χ0v) is 14.9. The summed E-state index contributed by atoms with van der Waals surface area (Å²) in [7, 11) is 0. The second-order valence-corrected chi connectivity index (χ2v) is 6.93. The molecule has 8 nitrogen and oxygen atoms in total. The summed E-state index contributed by atoms with van der Waals surface area (Å²) >= 11 is 0. The Morgan fingerprint density at radius 2 is 2.00 bits per heavy atom. The highest BCUT2D eigenvalue weighted by atomic mass is 16.5. The number of carbonyl (C=O) groups is 1. The number of aromatic nitrogens is 3. The zero-order chi connectivity index (χ0) is 17.8. The molecule has 2 aromatic heterocycles. The maximum atomic E-state index is 12.7. The van der Waals surface area contributed by atoms with Crippen molar-refractivity contribution in [3.63, 3.8) is 0 Å². The van der Waals surface area contributed by atoms with Gasteiger partial charge in [0.2, 0.25) is 5.91 Å². The minimum absolute atomic E-state index is 0.181. The van der Waals surface area contributed by atoms with E-state index in [1.807, 2.05) is 23.2 Å². The molecule has 2 fully saturated rings. The van der Waals surface area contributed by atoms with Crippen molar-refractivity contribution in [2.24, 2.45) is 5.92 Å². The van der Waals surface area contributed by atoms with Crippen molar-refractivity contribution in [2.45, 2.75) is 6.42 Å². The minimum atomic E-state index is 0.181. The van der Waals surface area contributed by atoms with Gasteiger partial charge < -0.3 is 14.4 Å². The summed E-state index contributed by atoms with van der Waals surface area (Å²) in [6.07, 6.45) is 4.38. The Balaban J connectivity index is 1.37. The molecule has 0 aromatic carbocycles. The van der Waals surface area contributed by atoms with Crippen molar-refractivity contribution < 1.29 is 14.3 Å². The molecule has 0 saturated carbocycles. The first-order chi connectivity index (χ1) is 12.8. The van der Waals surface area contributed by atoms with E-state index < -0.39 is 0 Å². The van der Waals surface area contributed by atoms with Gasteiger partial charge in [-0.05, 0) is 18.6 Å². The van der Waals surface area contributed by atoms with Gasteiger partial charge in [-0.3, -0.25) is 9.69 Å². The second kappa shape index (κ2) is 8.11. The summed E-state index contributed by atoms with van der Waals surface area (Å²) in [4.78, 5) is 21.1. The topological polar surface area (TPSA) is 72.2 Å². The number of rotatable bonds is 4. The van der Waals surface area contributed by atoms with Crippen molar-refractivity contribution in [3.8, 4) is 0 Å². The van der Waals surface area contributed by atoms with Gasteiger partial charge in [0.15, 0.2) is 5.65 Å². The number of nitrogens with zero attached hydrogens (tertiary/aromatic N) is 5. The predicted molar refractivity (Wildman–Crippen MR) is 94.8 cm³/mol. The smallest absolute Gasteiger partial charge is 0.236 e. The number of hydrogen-bond donors (Lipinski definition) is 0. The zero-order valence-electron chi connectivity index (χ0n) is 14.9. The van der Waals surface area contributed by atoms with Crippen LogP contribution in [0.1, 0.15) is 5.69 Å². The van der Waals surface area contributed by atoms with Gasteiger partial charge in [-0.15, -0.1) is 0 Å². The maximum Gasteiger partial charge on any atom is 0.236 e. The lowest BCUT2D eigenvalue weighted by atomic mass is 10.0. The lowest BCUT2D eigenvalue weighted by Gasteiger charge is -2.30. The van der Waals surface area contributed by atoms with Crippen molar-refractivity contribution in [3.05, 3.63) is 30.2 Å². The molecule has 1 unspecified atom stereocenters. The van der Waals surface area contributed by atoms with Crippen molar-refractivity contribution in [1.29, 1.82) is 0 Å². The van der Waals surface area contributed by atoms with Crippen LogP contribution in [0.4, 0.5) is 0 Å². The van der Waals surface area contributed by atoms with Crippen LogP contribution >= 0.6 is 0 Å². The van der Waals surface area contributed by atoms with Gasteiger partial charge in [0.05, 0.1) is 38.7 Å². The number of fused-ring (bicyclic) bond motifs is 1. The van der Waals surface area contributed by atoms with Gasteiger partial charge in [-0.1, -0.05) is 0 Å². The van der Waals surface area contributed by atoms with E-state index in [0.29, 0.717) is 46.1 Å². The van der Waals surface area contributed by atoms with Gasteiger partial charge >= 0.3 is 0 Å². The van der Waals surface area contributed by atoms with Crippen molar-refractivity contribution in [2.75, 3.05) is 59.2 Å². The molecule has 2 aliphatic rings. The van der Waals surface area contributed by atoms with E-state index in [1.54, 1.807) is 10.7 Å². The highest BCUT2D eigenvalue weighted by Gasteiger charge is 2.25. The van der Waals surface area contributed by atoms with Crippen LogP contribution < -0.4 is 0 Å². The summed E-state index contributed by atoms with van der Waals surface area (Å²) in [5.74, 6) is 0.431. The Kier molecular flexibility index (Phi) is 5.42. The molecule has 0 aliphatic carbocycles. The molecule has 1 amide bonds. The summed E-state index contributed by atoms with van der Waals surface area (Å²) in [6, 6.07) is 3.98. The van der Waals surface area contributed by atoms with Crippen molar-refractivity contribution >= 4 is 11.6 Å². The molecule has 0 bridgehead atoms. The van der Waals surface area contributed by atoms with E-state index in [4.69, 9.17) is 9.47 Å². The van der Waals surface area contributed by atoms with Crippen LogP contribution in [0.25, 0.3) is 5.65 Å². The predicted octanol–water partition coefficient (Wildman–Crippen LogP) is 0.0790. The number of imidazole rings is 1. The first kappa shape index (κ1) is 17.4. The second-order valence-electron chi connectivity index (χ2n) is 6.93. The van der Waals surface area contributed by atoms with Gasteiger partial charge in [-0.2, -0.15) is 5.10 Å². The highest BCUT2D eigenvalue weighted by Crippen LogP contribution is 2.14. The van der Waals surface area contributed by atoms with Crippen LogP contribution in [0.3, 0.4) is 0 Å². The van der Waals surface area contributed by atoms with E-state index in [0.717, 1.165) is 30.9 Å². The molecule has 1 atom stereocenters. The fourth-order valence-corrected chi connectivity index (χ4v) is 3.54. The normalized spacial score (nSPS) is 22.5. The van der Waals surface area contributed by atoms with E-state index >= 15 is 0 Å². The van der Waals surface area contributed by atoms with E-state index in [-0.39, 0.29) is 11.8 Å². The molecule has 2 saturated heterocycles. The minimum Gasteiger partial charge on any atom is -0.379 e. The van der Waals surface area contributed by atoms with Gasteiger partial charge in [-0.25, -0.2) is 9.50 Å². The van der Waals surface area contributed by atoms with E-state index in [9.17, 15) is 4.79 Å². The first-order valence-corrected chi connectivity index (χ1v) is 9.23. The Morgan fingerprint density at radius 3 is 2.88 bits per heavy atom. The van der Waals surface area contributed by atoms with Crippen LogP contribution in [0, 0.1) is 5.92 Å². The first-order valence-electron chi connectivity index (χ1n) is 9.23. The standard InChI is InChI=1S/C18H25N5O3/c24-18(13-21-5-8-25-9-6-21)22-7-10-26-14-15(12-22)11-16-1-2-17-19-3-4-23(17)20-16/h1-4,15H,5-14H2. The summed E-state index contributed by atoms with van der Waals surface area (Å²) in [5, 5.41) is 4.60. The van der Waals surface area contributed by atoms with Crippen LogP contribution in [0.15, 0.2) is 24.5 Å². The fourth-order valence-electron chi connectivity index (χ4n) is 3.54. The summed E-state index contributed by atoms with van der Waals surface area (Å²) in [6.45, 7) is 6.17. The molecule has 26 heavy (non-hydrogen) atoms. The highest BCUT2D eigenvalue weighted by molar-refractivity contribution is 5.78. The molecule has 0 radical (unpaired) electrons. The lowest BCUT2D eigenvalue weighted by molar-refractivity contribution is -0.133. The third-order valence-corrected chi connectivity index (χ3v) is 4.96. The number of amides is 1. The molecule has 4 rings (SSSR count). The largest absolute Gasteiger partial charge is 0.379 e. The van der Waals surface area contributed by atoms with Crippen molar-refractivity contribution in [1.82, 2.24) is 24.4 Å². The molecule has 4 heterocycles. The SMILES string of the molecule is O=C(CN1CCOCC1)N1CCOCC(Cc2ccc3nccn3n2)C1. The van der Waals surface area contributed by atoms with Crippen LogP contribution in [-0.4, -0.2) is 89.5 Å². The molecule has 2 aliphatic heterocycles. The summed E-state index contributed by atoms with van der Waals surface area (Å²) in [5.41, 5.74) is 1.83. The third kappa shape index (κ3) is 4.20. The number of morpholine rings is 1. The number of ether oxygens (including phenoxy) is 2. The Bertz CT molecular complexity index is 743.